The molecule has 2 aliphatic rings. The minimum absolute atomic E-state index is 0.131. The normalized spacial score (nSPS) is 28.0. The molecule has 4 rings (SSSR count). The van der Waals surface area contributed by atoms with Crippen molar-refractivity contribution in [2.45, 2.75) is 31.2 Å². The molecule has 1 saturated carbocycles. The van der Waals surface area contributed by atoms with Crippen LogP contribution in [-0.2, 0) is 11.3 Å². The fourth-order valence-corrected chi connectivity index (χ4v) is 6.05. The van der Waals surface area contributed by atoms with Crippen molar-refractivity contribution in [1.29, 1.82) is 0 Å². The van der Waals surface area contributed by atoms with Gasteiger partial charge in [-0.05, 0) is 24.0 Å². The van der Waals surface area contributed by atoms with E-state index in [1.807, 2.05) is 6.26 Å². The molecule has 0 aromatic carbocycles. The van der Waals surface area contributed by atoms with Gasteiger partial charge in [0.25, 0.3) is 5.56 Å². The van der Waals surface area contributed by atoms with Gasteiger partial charge in [0, 0.05) is 25.7 Å². The standard InChI is InChI=1S/C16H21N5O2S2/c1-15(2)7-16(12(17)23)8-20(6-10(15)16)5-9-4-11(22)21-13(18-9)25-14(19-21)24-3/h4,10H,5-8H2,1-3H3,(H2,17,23)/t10-,16+/m1/s1. The molecule has 9 heteroatoms. The first-order valence-corrected chi connectivity index (χ1v) is 10.3. The molecule has 2 aromatic rings. The van der Waals surface area contributed by atoms with Crippen LogP contribution in [0.5, 0.6) is 0 Å². The fourth-order valence-electron chi connectivity index (χ4n) is 4.67. The Labute approximate surface area is 153 Å². The number of carbonyl (C=O) groups is 1. The first kappa shape index (κ1) is 17.0. The predicted octanol–water partition coefficient (Wildman–Crippen LogP) is 1.21. The zero-order chi connectivity index (χ0) is 18.0. The number of thioether (sulfide) groups is 1. The number of fused-ring (bicyclic) bond motifs is 2. The van der Waals surface area contributed by atoms with E-state index < -0.39 is 5.41 Å². The molecule has 0 radical (unpaired) electrons. The van der Waals surface area contributed by atoms with Gasteiger partial charge in [-0.25, -0.2) is 4.98 Å². The minimum atomic E-state index is -0.418. The molecule has 7 nitrogen and oxygen atoms in total. The third kappa shape index (κ3) is 2.51. The molecule has 1 saturated heterocycles. The summed E-state index contributed by atoms with van der Waals surface area (Å²) in [5, 5.41) is 4.24. The third-order valence-electron chi connectivity index (χ3n) is 5.66. The molecule has 3 heterocycles. The molecular weight excluding hydrogens is 358 g/mol. The molecule has 2 fully saturated rings. The molecule has 0 spiro atoms. The Kier molecular flexibility index (Phi) is 3.75. The number of carbonyl (C=O) groups excluding carboxylic acids is 1. The molecule has 134 valence electrons. The molecule has 2 aromatic heterocycles. The quantitative estimate of drug-likeness (QED) is 0.803. The topological polar surface area (TPSA) is 93.6 Å². The first-order chi connectivity index (χ1) is 11.7. The largest absolute Gasteiger partial charge is 0.369 e. The van der Waals surface area contributed by atoms with Crippen molar-refractivity contribution in [3.8, 4) is 0 Å². The lowest BCUT2D eigenvalue weighted by Crippen LogP contribution is -2.59. The number of nitrogens with zero attached hydrogens (tertiary/aromatic N) is 4. The summed E-state index contributed by atoms with van der Waals surface area (Å²) >= 11 is 2.91. The Morgan fingerprint density at radius 1 is 1.52 bits per heavy atom. The number of aromatic nitrogens is 3. The summed E-state index contributed by atoms with van der Waals surface area (Å²) in [5.41, 5.74) is 6.00. The molecular formula is C16H21N5O2S2. The van der Waals surface area contributed by atoms with Gasteiger partial charge in [0.05, 0.1) is 11.1 Å². The van der Waals surface area contributed by atoms with Crippen LogP contribution < -0.4 is 11.3 Å². The van der Waals surface area contributed by atoms with Crippen LogP contribution in [0.4, 0.5) is 0 Å². The number of hydrogen-bond acceptors (Lipinski definition) is 7. The summed E-state index contributed by atoms with van der Waals surface area (Å²) in [4.78, 5) is 31.7. The number of nitrogens with two attached hydrogens (primary N) is 1. The van der Waals surface area contributed by atoms with Crippen LogP contribution in [0.25, 0.3) is 4.96 Å². The predicted molar refractivity (Wildman–Crippen MR) is 97.7 cm³/mol. The van der Waals surface area contributed by atoms with Crippen LogP contribution in [0, 0.1) is 16.7 Å². The second-order valence-electron chi connectivity index (χ2n) is 7.76. The highest BCUT2D eigenvalue weighted by molar-refractivity contribution is 8.00. The number of hydrogen-bond donors (Lipinski definition) is 1. The van der Waals surface area contributed by atoms with Crippen LogP contribution in [0.2, 0.25) is 0 Å². The molecule has 0 unspecified atom stereocenters. The zero-order valence-electron chi connectivity index (χ0n) is 14.5. The van der Waals surface area contributed by atoms with Crippen LogP contribution in [0.3, 0.4) is 0 Å². The van der Waals surface area contributed by atoms with E-state index in [9.17, 15) is 9.59 Å². The van der Waals surface area contributed by atoms with Crippen molar-refractivity contribution < 1.29 is 4.79 Å². The van der Waals surface area contributed by atoms with E-state index in [2.05, 4.69) is 28.8 Å². The molecule has 1 aliphatic heterocycles. The molecule has 0 bridgehead atoms. The second-order valence-corrected chi connectivity index (χ2v) is 9.77. The monoisotopic (exact) mass is 379 g/mol. The third-order valence-corrected chi connectivity index (χ3v) is 7.54. The fraction of sp³-hybridized carbons (Fsp3) is 0.625. The van der Waals surface area contributed by atoms with Gasteiger partial charge in [-0.15, -0.1) is 5.10 Å². The Balaban J connectivity index is 1.60. The van der Waals surface area contributed by atoms with E-state index in [-0.39, 0.29) is 22.8 Å². The molecule has 1 aliphatic carbocycles. The number of rotatable bonds is 4. The van der Waals surface area contributed by atoms with Crippen molar-refractivity contribution in [3.63, 3.8) is 0 Å². The molecule has 1 amide bonds. The van der Waals surface area contributed by atoms with Crippen LogP contribution in [-0.4, -0.2) is 44.8 Å². The zero-order valence-corrected chi connectivity index (χ0v) is 16.1. The molecule has 2 N–H and O–H groups in total. The highest BCUT2D eigenvalue weighted by Gasteiger charge is 2.65. The van der Waals surface area contributed by atoms with E-state index in [0.29, 0.717) is 18.1 Å². The number of likely N-dealkylation sites (tertiary alicyclic amines) is 1. The summed E-state index contributed by atoms with van der Waals surface area (Å²) in [6, 6.07) is 1.54. The Hall–Kier alpha value is -1.45. The van der Waals surface area contributed by atoms with E-state index in [1.54, 1.807) is 6.07 Å². The lowest BCUT2D eigenvalue weighted by Gasteiger charge is -2.54. The lowest BCUT2D eigenvalue weighted by atomic mass is 9.48. The van der Waals surface area contributed by atoms with Crippen LogP contribution in [0.15, 0.2) is 15.2 Å². The maximum atomic E-state index is 12.3. The van der Waals surface area contributed by atoms with Gasteiger partial charge >= 0.3 is 0 Å². The first-order valence-electron chi connectivity index (χ1n) is 8.21. The van der Waals surface area contributed by atoms with Gasteiger partial charge < -0.3 is 5.73 Å². The maximum absolute atomic E-state index is 12.3. The van der Waals surface area contributed by atoms with E-state index in [1.165, 1.54) is 27.6 Å². The molecule has 25 heavy (non-hydrogen) atoms. The summed E-state index contributed by atoms with van der Waals surface area (Å²) in [6.07, 6.45) is 2.76. The van der Waals surface area contributed by atoms with Gasteiger partial charge in [0.15, 0.2) is 4.34 Å². The van der Waals surface area contributed by atoms with Gasteiger partial charge in [-0.2, -0.15) is 4.52 Å². The minimum Gasteiger partial charge on any atom is -0.369 e. The lowest BCUT2D eigenvalue weighted by molar-refractivity contribution is -0.148. The van der Waals surface area contributed by atoms with Gasteiger partial charge in [0.1, 0.15) is 0 Å². The second kappa shape index (κ2) is 5.52. The smallest absolute Gasteiger partial charge is 0.275 e. The van der Waals surface area contributed by atoms with Gasteiger partial charge in [-0.1, -0.05) is 36.9 Å². The van der Waals surface area contributed by atoms with Crippen molar-refractivity contribution >= 4 is 34.0 Å². The summed E-state index contributed by atoms with van der Waals surface area (Å²) in [7, 11) is 0. The maximum Gasteiger partial charge on any atom is 0.275 e. The van der Waals surface area contributed by atoms with Crippen molar-refractivity contribution in [2.24, 2.45) is 22.5 Å². The molecule has 2 atom stereocenters. The highest BCUT2D eigenvalue weighted by Crippen LogP contribution is 2.62. The Morgan fingerprint density at radius 2 is 2.28 bits per heavy atom. The summed E-state index contributed by atoms with van der Waals surface area (Å²) < 4.78 is 2.16. The van der Waals surface area contributed by atoms with E-state index >= 15 is 0 Å². The number of amides is 1. The van der Waals surface area contributed by atoms with E-state index in [4.69, 9.17) is 5.73 Å². The number of primary amides is 1. The van der Waals surface area contributed by atoms with Gasteiger partial charge in [0.2, 0.25) is 10.9 Å². The Bertz CT molecular complexity index is 921. The van der Waals surface area contributed by atoms with Crippen LogP contribution in [0.1, 0.15) is 26.0 Å². The van der Waals surface area contributed by atoms with Crippen molar-refractivity contribution in [2.75, 3.05) is 19.3 Å². The van der Waals surface area contributed by atoms with Crippen LogP contribution >= 0.6 is 23.1 Å². The average Bonchev–Trinajstić information content (AvgIpc) is 3.07. The highest BCUT2D eigenvalue weighted by atomic mass is 32.2. The SMILES string of the molecule is CSc1nn2c(=O)cc(CN3C[C@@H]4C(C)(C)C[C@]4(C(N)=O)C3)nc2s1. The summed E-state index contributed by atoms with van der Waals surface area (Å²) in [5.74, 6) is 0.0729. The van der Waals surface area contributed by atoms with Crippen molar-refractivity contribution in [3.05, 3.63) is 22.1 Å². The summed E-state index contributed by atoms with van der Waals surface area (Å²) in [6.45, 7) is 6.41. The average molecular weight is 380 g/mol. The van der Waals surface area contributed by atoms with Crippen molar-refractivity contribution in [1.82, 2.24) is 19.5 Å². The Morgan fingerprint density at radius 3 is 2.88 bits per heavy atom. The van der Waals surface area contributed by atoms with Gasteiger partial charge in [-0.3, -0.25) is 14.5 Å². The van der Waals surface area contributed by atoms with E-state index in [0.717, 1.165) is 23.0 Å².